The van der Waals surface area contributed by atoms with Crippen molar-refractivity contribution in [2.75, 3.05) is 26.2 Å². The number of rotatable bonds is 11. The molecule has 0 saturated heterocycles. The van der Waals surface area contributed by atoms with Crippen molar-refractivity contribution in [3.8, 4) is 0 Å². The normalized spacial score (nSPS) is 12.2. The maximum absolute atomic E-state index is 13.0. The second kappa shape index (κ2) is 10.4. The molecule has 0 aliphatic rings. The van der Waals surface area contributed by atoms with Gasteiger partial charge in [-0.1, -0.05) is 26.7 Å². The third kappa shape index (κ3) is 5.80. The fourth-order valence-corrected chi connectivity index (χ4v) is 4.99. The summed E-state index contributed by atoms with van der Waals surface area (Å²) in [5.41, 5.74) is 5.06. The van der Waals surface area contributed by atoms with E-state index in [1.807, 2.05) is 27.7 Å². The smallest absolute Gasteiger partial charge is 0.241 e. The van der Waals surface area contributed by atoms with Crippen molar-refractivity contribution in [1.29, 1.82) is 0 Å². The molecule has 0 atom stereocenters. The first-order valence-corrected chi connectivity index (χ1v) is 11.4. The first-order chi connectivity index (χ1) is 12.2. The lowest BCUT2D eigenvalue weighted by Crippen LogP contribution is -2.36. The van der Waals surface area contributed by atoms with E-state index in [9.17, 15) is 8.42 Å². The molecular weight excluding hydrogens is 344 g/mol. The molecule has 4 nitrogen and oxygen atoms in total. The van der Waals surface area contributed by atoms with Crippen LogP contribution in [0.15, 0.2) is 4.90 Å². The second-order valence-corrected chi connectivity index (χ2v) is 9.10. The summed E-state index contributed by atoms with van der Waals surface area (Å²) >= 11 is 0. The summed E-state index contributed by atoms with van der Waals surface area (Å²) in [4.78, 5) is 2.84. The van der Waals surface area contributed by atoms with Gasteiger partial charge >= 0.3 is 0 Å². The Morgan fingerprint density at radius 1 is 0.731 bits per heavy atom. The van der Waals surface area contributed by atoms with Crippen LogP contribution in [0.25, 0.3) is 0 Å². The lowest BCUT2D eigenvalue weighted by molar-refractivity contribution is 0.269. The fraction of sp³-hybridized carbons (Fsp3) is 0.714. The maximum Gasteiger partial charge on any atom is 0.241 e. The molecule has 1 aromatic rings. The Morgan fingerprint density at radius 3 is 1.58 bits per heavy atom. The van der Waals surface area contributed by atoms with Crippen LogP contribution in [-0.2, 0) is 10.0 Å². The highest BCUT2D eigenvalue weighted by molar-refractivity contribution is 7.89. The van der Waals surface area contributed by atoms with Gasteiger partial charge in [-0.25, -0.2) is 13.1 Å². The Bertz CT molecular complexity index is 659. The highest BCUT2D eigenvalue weighted by Crippen LogP contribution is 2.29. The van der Waals surface area contributed by atoms with Crippen LogP contribution in [0.1, 0.15) is 67.3 Å². The van der Waals surface area contributed by atoms with Crippen molar-refractivity contribution in [3.63, 3.8) is 0 Å². The van der Waals surface area contributed by atoms with Gasteiger partial charge in [0, 0.05) is 13.1 Å². The van der Waals surface area contributed by atoms with Crippen molar-refractivity contribution in [3.05, 3.63) is 27.8 Å². The van der Waals surface area contributed by atoms with E-state index < -0.39 is 10.0 Å². The maximum atomic E-state index is 13.0. The Labute approximate surface area is 161 Å². The Kier molecular flexibility index (Phi) is 9.28. The summed E-state index contributed by atoms with van der Waals surface area (Å²) in [7, 11) is -3.50. The zero-order valence-corrected chi connectivity index (χ0v) is 18.6. The first kappa shape index (κ1) is 23.1. The number of benzene rings is 1. The van der Waals surface area contributed by atoms with E-state index in [1.165, 1.54) is 5.56 Å². The topological polar surface area (TPSA) is 49.4 Å². The molecule has 0 aliphatic carbocycles. The third-order valence-electron chi connectivity index (χ3n) is 5.58. The van der Waals surface area contributed by atoms with Crippen LogP contribution >= 0.6 is 0 Å². The minimum absolute atomic E-state index is 0.459. The highest BCUT2D eigenvalue weighted by atomic mass is 32.2. The summed E-state index contributed by atoms with van der Waals surface area (Å²) in [6, 6.07) is 0. The van der Waals surface area contributed by atoms with Crippen molar-refractivity contribution in [1.82, 2.24) is 9.62 Å². The highest BCUT2D eigenvalue weighted by Gasteiger charge is 2.23. The quantitative estimate of drug-likeness (QED) is 0.617. The molecule has 0 unspecified atom stereocenters. The zero-order chi connectivity index (χ0) is 19.9. The molecule has 1 rings (SSSR count). The van der Waals surface area contributed by atoms with Gasteiger partial charge in [-0.15, -0.1) is 0 Å². The molecule has 150 valence electrons. The van der Waals surface area contributed by atoms with Gasteiger partial charge in [0.25, 0.3) is 0 Å². The summed E-state index contributed by atoms with van der Waals surface area (Å²) in [5, 5.41) is 0. The minimum Gasteiger partial charge on any atom is -0.302 e. The number of sulfonamides is 1. The Balaban J connectivity index is 2.90. The van der Waals surface area contributed by atoms with Crippen LogP contribution in [0.2, 0.25) is 0 Å². The molecule has 0 heterocycles. The van der Waals surface area contributed by atoms with E-state index in [0.29, 0.717) is 11.4 Å². The summed E-state index contributed by atoms with van der Waals surface area (Å²) < 4.78 is 28.8. The number of hydrogen-bond donors (Lipinski definition) is 1. The lowest BCUT2D eigenvalue weighted by atomic mass is 9.95. The van der Waals surface area contributed by atoms with E-state index in [-0.39, 0.29) is 0 Å². The third-order valence-corrected chi connectivity index (χ3v) is 7.31. The van der Waals surface area contributed by atoms with Crippen LogP contribution in [0.5, 0.6) is 0 Å². The van der Waals surface area contributed by atoms with Gasteiger partial charge in [-0.05, 0) is 88.4 Å². The predicted molar refractivity (Wildman–Crippen MR) is 112 cm³/mol. The van der Waals surface area contributed by atoms with Gasteiger partial charge in [0.2, 0.25) is 10.0 Å². The van der Waals surface area contributed by atoms with E-state index >= 15 is 0 Å². The second-order valence-electron chi connectivity index (χ2n) is 7.40. The van der Waals surface area contributed by atoms with Crippen LogP contribution in [0.3, 0.4) is 0 Å². The number of nitrogens with zero attached hydrogens (tertiary/aromatic N) is 1. The molecule has 0 radical (unpaired) electrons. The van der Waals surface area contributed by atoms with Crippen molar-refractivity contribution >= 4 is 10.0 Å². The Morgan fingerprint density at radius 2 is 1.15 bits per heavy atom. The molecule has 1 N–H and O–H groups in total. The summed E-state index contributed by atoms with van der Waals surface area (Å²) in [5.74, 6) is 0. The van der Waals surface area contributed by atoms with Crippen LogP contribution < -0.4 is 4.72 Å². The fourth-order valence-electron chi connectivity index (χ4n) is 3.38. The molecule has 1 aromatic carbocycles. The SMILES string of the molecule is CCCCN(CCCC)CCNS(=O)(=O)c1c(C)c(C)c(C)c(C)c1C. The van der Waals surface area contributed by atoms with Crippen LogP contribution in [-0.4, -0.2) is 39.5 Å². The van der Waals surface area contributed by atoms with Crippen molar-refractivity contribution < 1.29 is 8.42 Å². The molecule has 0 aromatic heterocycles. The standard InChI is InChI=1S/C21H38N2O2S/c1-8-10-13-23(14-11-9-2)15-12-22-26(24,25)21-19(6)17(4)16(3)18(5)20(21)7/h22H,8-15H2,1-7H3. The average molecular weight is 383 g/mol. The van der Waals surface area contributed by atoms with Crippen molar-refractivity contribution in [2.45, 2.75) is 79.0 Å². The molecule has 0 aliphatic heterocycles. The minimum atomic E-state index is -3.50. The van der Waals surface area contributed by atoms with Gasteiger partial charge < -0.3 is 4.90 Å². The molecule has 0 amide bonds. The van der Waals surface area contributed by atoms with Gasteiger partial charge in [-0.3, -0.25) is 0 Å². The summed E-state index contributed by atoms with van der Waals surface area (Å²) in [6.45, 7) is 17.6. The monoisotopic (exact) mass is 382 g/mol. The van der Waals surface area contributed by atoms with E-state index in [0.717, 1.165) is 67.6 Å². The molecule has 0 spiro atoms. The predicted octanol–water partition coefficient (Wildman–Crippen LogP) is 4.41. The van der Waals surface area contributed by atoms with Gasteiger partial charge in [0.05, 0.1) is 4.90 Å². The lowest BCUT2D eigenvalue weighted by Gasteiger charge is -2.23. The first-order valence-electron chi connectivity index (χ1n) is 9.96. The van der Waals surface area contributed by atoms with Crippen LogP contribution in [0.4, 0.5) is 0 Å². The molecular formula is C21H38N2O2S. The number of nitrogens with one attached hydrogen (secondary N) is 1. The molecule has 0 bridgehead atoms. The molecule has 0 fully saturated rings. The zero-order valence-electron chi connectivity index (χ0n) is 17.8. The van der Waals surface area contributed by atoms with E-state index in [1.54, 1.807) is 0 Å². The molecule has 0 saturated carbocycles. The number of unbranched alkanes of at least 4 members (excludes halogenated alkanes) is 2. The summed E-state index contributed by atoms with van der Waals surface area (Å²) in [6.07, 6.45) is 4.64. The van der Waals surface area contributed by atoms with Gasteiger partial charge in [0.1, 0.15) is 0 Å². The largest absolute Gasteiger partial charge is 0.302 e. The average Bonchev–Trinajstić information content (AvgIpc) is 2.59. The molecule has 26 heavy (non-hydrogen) atoms. The van der Waals surface area contributed by atoms with Gasteiger partial charge in [0.15, 0.2) is 0 Å². The van der Waals surface area contributed by atoms with Gasteiger partial charge in [-0.2, -0.15) is 0 Å². The Hall–Kier alpha value is -0.910. The number of hydrogen-bond acceptors (Lipinski definition) is 3. The molecule has 5 heteroatoms. The van der Waals surface area contributed by atoms with Crippen molar-refractivity contribution in [2.24, 2.45) is 0 Å². The van der Waals surface area contributed by atoms with E-state index in [4.69, 9.17) is 0 Å². The van der Waals surface area contributed by atoms with Crippen LogP contribution in [0, 0.1) is 34.6 Å². The van der Waals surface area contributed by atoms with E-state index in [2.05, 4.69) is 30.4 Å².